The van der Waals surface area contributed by atoms with Gasteiger partial charge in [-0.3, -0.25) is 0 Å². The van der Waals surface area contributed by atoms with Crippen molar-refractivity contribution in [2.24, 2.45) is 0 Å². The second kappa shape index (κ2) is 26.5. The molecule has 416 valence electrons. The quantitative estimate of drug-likeness (QED) is 0.0957. The zero-order chi connectivity index (χ0) is 58.9. The minimum absolute atomic E-state index is 0. The Labute approximate surface area is 534 Å². The van der Waals surface area contributed by atoms with Gasteiger partial charge < -0.3 is 15.0 Å². The molecule has 4 heteroatoms. The topological polar surface area (TPSA) is 38.7 Å². The molecular weight excluding hydrogens is 1260 g/mol. The van der Waals surface area contributed by atoms with Crippen LogP contribution in [0.1, 0.15) is 22.3 Å². The summed E-state index contributed by atoms with van der Waals surface area (Å²) >= 11 is 0. The van der Waals surface area contributed by atoms with Crippen LogP contribution in [0.25, 0.3) is 123 Å². The van der Waals surface area contributed by atoms with E-state index >= 15 is 0 Å². The van der Waals surface area contributed by atoms with Gasteiger partial charge >= 0.3 is 20.1 Å². The fraction of sp³-hybridized carbons (Fsp3) is 0. The SMILES string of the molecule is C(#Cc1ccc(-c2cc(-c3ccccn3)[c-]cc2-c2ccccc2-c2cc(-c3ccccc3-c3c[c-]c(-c4ccccn4)cc3)cc(-c3ccccc3-c3c[c-]c(-c4ccccn4)cc3-c3ccc(C#Cc4ccccc4)cc3)c2)cc1)c1ccccc1.[Ir+3]. The molecule has 11 aromatic carbocycles. The Morgan fingerprint density at radius 1 is 0.213 bits per heavy atom. The van der Waals surface area contributed by atoms with Crippen molar-refractivity contribution in [3.05, 3.63) is 356 Å². The summed E-state index contributed by atoms with van der Waals surface area (Å²) in [5, 5.41) is 0. The van der Waals surface area contributed by atoms with Gasteiger partial charge in [0.25, 0.3) is 0 Å². The molecule has 0 saturated heterocycles. The minimum Gasteiger partial charge on any atom is -0.305 e. The monoisotopic (exact) mass is 1310 g/mol. The van der Waals surface area contributed by atoms with E-state index in [4.69, 9.17) is 9.97 Å². The summed E-state index contributed by atoms with van der Waals surface area (Å²) in [4.78, 5) is 14.2. The molecule has 3 aromatic heterocycles. The van der Waals surface area contributed by atoms with Crippen molar-refractivity contribution in [2.75, 3.05) is 0 Å². The van der Waals surface area contributed by atoms with Gasteiger partial charge in [-0.2, -0.15) is 0 Å². The molecule has 0 N–H and O–H groups in total. The maximum atomic E-state index is 4.77. The first-order valence-electron chi connectivity index (χ1n) is 29.3. The van der Waals surface area contributed by atoms with Crippen LogP contribution in [0.5, 0.6) is 0 Å². The number of hydrogen-bond donors (Lipinski definition) is 0. The molecule has 0 bridgehead atoms. The van der Waals surface area contributed by atoms with Gasteiger partial charge in [0.1, 0.15) is 0 Å². The number of pyridine rings is 3. The molecule has 0 aliphatic carbocycles. The third-order valence-electron chi connectivity index (χ3n) is 15.7. The van der Waals surface area contributed by atoms with Crippen molar-refractivity contribution >= 4 is 0 Å². The van der Waals surface area contributed by atoms with Gasteiger partial charge in [-0.15, -0.1) is 77.4 Å². The molecule has 0 spiro atoms. The van der Waals surface area contributed by atoms with E-state index in [1.54, 1.807) is 0 Å². The van der Waals surface area contributed by atoms with Crippen molar-refractivity contribution in [2.45, 2.75) is 0 Å². The molecule has 0 atom stereocenters. The van der Waals surface area contributed by atoms with Crippen LogP contribution in [0.15, 0.2) is 316 Å². The normalized spacial score (nSPS) is 10.7. The summed E-state index contributed by atoms with van der Waals surface area (Å²) in [5.41, 5.74) is 26.2. The first-order valence-corrected chi connectivity index (χ1v) is 29.3. The first kappa shape index (κ1) is 56.8. The number of benzene rings is 11. The zero-order valence-corrected chi connectivity index (χ0v) is 50.6. The molecule has 14 aromatic rings. The Morgan fingerprint density at radius 3 is 0.899 bits per heavy atom. The van der Waals surface area contributed by atoms with Gasteiger partial charge in [-0.05, 0) is 147 Å². The van der Waals surface area contributed by atoms with Crippen molar-refractivity contribution in [3.8, 4) is 146 Å². The second-order valence-corrected chi connectivity index (χ2v) is 21.3. The molecule has 0 unspecified atom stereocenters. The third-order valence-corrected chi connectivity index (χ3v) is 15.7. The van der Waals surface area contributed by atoms with Gasteiger partial charge in [0.2, 0.25) is 0 Å². The van der Waals surface area contributed by atoms with E-state index in [2.05, 4.69) is 229 Å². The summed E-state index contributed by atoms with van der Waals surface area (Å²) in [6.07, 6.45) is 5.49. The molecule has 3 nitrogen and oxygen atoms in total. The van der Waals surface area contributed by atoms with Crippen LogP contribution in [0, 0.1) is 41.9 Å². The van der Waals surface area contributed by atoms with Crippen LogP contribution in [0.2, 0.25) is 0 Å². The van der Waals surface area contributed by atoms with Gasteiger partial charge in [0, 0.05) is 40.8 Å². The fourth-order valence-corrected chi connectivity index (χ4v) is 11.3. The molecule has 0 fully saturated rings. The molecule has 14 rings (SSSR count). The zero-order valence-electron chi connectivity index (χ0n) is 48.2. The molecule has 89 heavy (non-hydrogen) atoms. The molecular formula is C85H52IrN3. The molecule has 0 aliphatic heterocycles. The Kier molecular flexibility index (Phi) is 16.9. The van der Waals surface area contributed by atoms with Crippen LogP contribution in [0.4, 0.5) is 0 Å². The predicted octanol–water partition coefficient (Wildman–Crippen LogP) is 20.4. The van der Waals surface area contributed by atoms with E-state index in [0.29, 0.717) is 0 Å². The summed E-state index contributed by atoms with van der Waals surface area (Å²) in [5.74, 6) is 13.4. The van der Waals surface area contributed by atoms with Gasteiger partial charge in [0.05, 0.1) is 0 Å². The van der Waals surface area contributed by atoms with Gasteiger partial charge in [0.15, 0.2) is 0 Å². The fourth-order valence-electron chi connectivity index (χ4n) is 11.3. The Bertz CT molecular complexity index is 4660. The van der Waals surface area contributed by atoms with Crippen molar-refractivity contribution in [1.29, 1.82) is 0 Å². The van der Waals surface area contributed by atoms with Crippen molar-refractivity contribution < 1.29 is 20.1 Å². The maximum absolute atomic E-state index is 4.77. The van der Waals surface area contributed by atoms with Crippen molar-refractivity contribution in [3.63, 3.8) is 0 Å². The second-order valence-electron chi connectivity index (χ2n) is 21.3. The molecule has 0 aliphatic rings. The van der Waals surface area contributed by atoms with E-state index in [0.717, 1.165) is 145 Å². The summed E-state index contributed by atoms with van der Waals surface area (Å²) < 4.78 is 0. The summed E-state index contributed by atoms with van der Waals surface area (Å²) in [6.45, 7) is 0. The van der Waals surface area contributed by atoms with Crippen molar-refractivity contribution in [1.82, 2.24) is 15.0 Å². The van der Waals surface area contributed by atoms with E-state index in [1.807, 2.05) is 134 Å². The van der Waals surface area contributed by atoms with E-state index in [9.17, 15) is 0 Å². The number of aromatic nitrogens is 3. The first-order chi connectivity index (χ1) is 43.6. The van der Waals surface area contributed by atoms with Crippen LogP contribution >= 0.6 is 0 Å². The Hall–Kier alpha value is -11.4. The van der Waals surface area contributed by atoms with Crippen LogP contribution in [-0.4, -0.2) is 15.0 Å². The Balaban J connectivity index is 0.00000729. The largest absolute Gasteiger partial charge is 3.00 e. The smallest absolute Gasteiger partial charge is 0.305 e. The molecule has 0 radical (unpaired) electrons. The van der Waals surface area contributed by atoms with Crippen LogP contribution in [0.3, 0.4) is 0 Å². The maximum Gasteiger partial charge on any atom is 3.00 e. The van der Waals surface area contributed by atoms with Gasteiger partial charge in [-0.25, -0.2) is 0 Å². The standard InChI is InChI=1S/C85H52N3.Ir/c1-3-19-60(20-4-1)32-34-62-36-40-65(41-37-62)81-58-68(84-30-14-17-53-87-84)48-50-79(81)77-27-11-9-25-75(77)71-55-70(74-24-8-7-23-73(74)64-44-46-67(47-45-64)83-29-13-16-52-86-83)56-72(57-71)76-26-10-12-28-78(76)80-51-49-69(85-31-15-18-54-88-85)59-82(80)66-42-38-63(39-43-66)35-33-61-21-5-2-6-22-61;/h1-31,36-46,50-59H;/q-3;+3. The van der Waals surface area contributed by atoms with Crippen LogP contribution < -0.4 is 0 Å². The molecule has 3 heterocycles. The van der Waals surface area contributed by atoms with Crippen LogP contribution in [-0.2, 0) is 20.1 Å². The molecule has 0 saturated carbocycles. The van der Waals surface area contributed by atoms with E-state index in [1.165, 1.54) is 0 Å². The van der Waals surface area contributed by atoms with E-state index in [-0.39, 0.29) is 20.1 Å². The van der Waals surface area contributed by atoms with Gasteiger partial charge in [-0.1, -0.05) is 238 Å². The number of rotatable bonds is 11. The number of nitrogens with zero attached hydrogens (tertiary/aromatic N) is 3. The summed E-state index contributed by atoms with van der Waals surface area (Å²) in [7, 11) is 0. The minimum atomic E-state index is 0. The molecule has 0 amide bonds. The predicted molar refractivity (Wildman–Crippen MR) is 361 cm³/mol. The summed E-state index contributed by atoms with van der Waals surface area (Å²) in [6, 6.07) is 115. The Morgan fingerprint density at radius 2 is 0.528 bits per heavy atom. The third kappa shape index (κ3) is 12.7. The average molecular weight is 1310 g/mol. The number of hydrogen-bond acceptors (Lipinski definition) is 3. The van der Waals surface area contributed by atoms with E-state index < -0.39 is 0 Å². The average Bonchev–Trinajstić information content (AvgIpc) is 3.66.